The molecule has 2 aromatic rings. The Morgan fingerprint density at radius 3 is 2.56 bits per heavy atom. The number of hydrogen-bond donors (Lipinski definition) is 2. The topological polar surface area (TPSA) is 135 Å². The van der Waals surface area contributed by atoms with Crippen LogP contribution < -0.4 is 20.7 Å². The molecule has 0 spiro atoms. The lowest BCUT2D eigenvalue weighted by atomic mass is 9.88. The number of aromatic nitrogens is 4. The van der Waals surface area contributed by atoms with Gasteiger partial charge in [-0.15, -0.1) is 0 Å². The minimum absolute atomic E-state index is 0.00812. The van der Waals surface area contributed by atoms with Crippen LogP contribution in [0.4, 0.5) is 16.7 Å². The first kappa shape index (κ1) is 22.5. The molecular formula is C22H31N9O3. The molecule has 2 aromatic heterocycles. The van der Waals surface area contributed by atoms with Crippen molar-refractivity contribution in [2.75, 3.05) is 70.2 Å². The maximum Gasteiger partial charge on any atom is 0.320 e. The number of urea groups is 1. The number of carbonyl (C=O) groups excluding carboxylic acids is 1. The third-order valence-electron chi connectivity index (χ3n) is 6.55. The Morgan fingerprint density at radius 2 is 1.85 bits per heavy atom. The van der Waals surface area contributed by atoms with Crippen LogP contribution in [0.15, 0.2) is 18.5 Å². The zero-order valence-electron chi connectivity index (χ0n) is 19.4. The van der Waals surface area contributed by atoms with Gasteiger partial charge in [0.1, 0.15) is 6.10 Å². The van der Waals surface area contributed by atoms with Gasteiger partial charge in [0.25, 0.3) is 0 Å². The number of nitrogen functional groups attached to an aromatic ring is 1. The maximum absolute atomic E-state index is 12.8. The first-order valence-corrected chi connectivity index (χ1v) is 11.8. The van der Waals surface area contributed by atoms with Crippen LogP contribution in [0.5, 0.6) is 5.88 Å². The lowest BCUT2D eigenvalue weighted by molar-refractivity contribution is 0.0320. The Kier molecular flexibility index (Phi) is 6.59. The van der Waals surface area contributed by atoms with Crippen molar-refractivity contribution in [3.8, 4) is 17.1 Å². The van der Waals surface area contributed by atoms with Gasteiger partial charge in [-0.3, -0.25) is 0 Å². The molecule has 12 nitrogen and oxygen atoms in total. The Morgan fingerprint density at radius 1 is 1.15 bits per heavy atom. The number of carbonyl (C=O) groups is 1. The number of nitrogens with zero attached hydrogens (tertiary/aromatic N) is 7. The van der Waals surface area contributed by atoms with Crippen molar-refractivity contribution < 1.29 is 14.3 Å². The van der Waals surface area contributed by atoms with Gasteiger partial charge in [-0.05, 0) is 0 Å². The molecule has 0 aromatic carbocycles. The summed E-state index contributed by atoms with van der Waals surface area (Å²) in [6.07, 6.45) is 4.82. The standard InChI is InChI=1S/C22H31N9O3/c1-29(22(32)31-4-2-24-3-5-31)16-10-17(11-16)34-19-12-18(15-13-25-20(23)26-14-15)27-21(28-19)30-6-8-33-9-7-30/h12-14,16-17,24H,2-11H2,1H3,(H2,23,25,26). The average molecular weight is 470 g/mol. The highest BCUT2D eigenvalue weighted by molar-refractivity contribution is 5.74. The molecule has 0 unspecified atom stereocenters. The summed E-state index contributed by atoms with van der Waals surface area (Å²) in [6, 6.07) is 2.06. The normalized spacial score (nSPS) is 22.7. The van der Waals surface area contributed by atoms with E-state index in [9.17, 15) is 4.79 Å². The third kappa shape index (κ3) is 4.97. The van der Waals surface area contributed by atoms with Crippen LogP contribution in [-0.2, 0) is 4.74 Å². The monoisotopic (exact) mass is 469 g/mol. The summed E-state index contributed by atoms with van der Waals surface area (Å²) in [5.41, 5.74) is 7.06. The van der Waals surface area contributed by atoms with Gasteiger partial charge in [0.2, 0.25) is 17.8 Å². The van der Waals surface area contributed by atoms with Gasteiger partial charge in [-0.2, -0.15) is 4.98 Å². The molecule has 34 heavy (non-hydrogen) atoms. The molecule has 0 bridgehead atoms. The Labute approximate surface area is 198 Å². The summed E-state index contributed by atoms with van der Waals surface area (Å²) >= 11 is 0. The van der Waals surface area contributed by atoms with Crippen molar-refractivity contribution >= 4 is 17.9 Å². The number of nitrogens with one attached hydrogen (secondary N) is 1. The molecule has 0 atom stereocenters. The summed E-state index contributed by atoms with van der Waals surface area (Å²) in [5.74, 6) is 1.31. The summed E-state index contributed by atoms with van der Waals surface area (Å²) in [4.78, 5) is 36.2. The van der Waals surface area contributed by atoms with E-state index in [2.05, 4.69) is 25.2 Å². The Hall–Kier alpha value is -3.25. The van der Waals surface area contributed by atoms with Gasteiger partial charge in [-0.1, -0.05) is 0 Å². The number of piperazine rings is 1. The largest absolute Gasteiger partial charge is 0.474 e. The van der Waals surface area contributed by atoms with E-state index < -0.39 is 0 Å². The fourth-order valence-electron chi connectivity index (χ4n) is 4.35. The van der Waals surface area contributed by atoms with Gasteiger partial charge in [-0.25, -0.2) is 19.7 Å². The first-order valence-electron chi connectivity index (χ1n) is 11.8. The second-order valence-electron chi connectivity index (χ2n) is 8.82. The summed E-state index contributed by atoms with van der Waals surface area (Å²) in [7, 11) is 1.88. The van der Waals surface area contributed by atoms with E-state index in [-0.39, 0.29) is 24.1 Å². The highest BCUT2D eigenvalue weighted by Crippen LogP contribution is 2.31. The van der Waals surface area contributed by atoms with Crippen LogP contribution in [0.25, 0.3) is 11.3 Å². The van der Waals surface area contributed by atoms with Gasteiger partial charge >= 0.3 is 6.03 Å². The molecule has 4 heterocycles. The molecule has 12 heteroatoms. The zero-order chi connectivity index (χ0) is 23.5. The van der Waals surface area contributed by atoms with Gasteiger partial charge in [0.15, 0.2) is 0 Å². The quantitative estimate of drug-likeness (QED) is 0.626. The molecule has 2 aliphatic heterocycles. The average Bonchev–Trinajstić information content (AvgIpc) is 2.86. The Bertz CT molecular complexity index is 988. The third-order valence-corrected chi connectivity index (χ3v) is 6.55. The molecule has 1 aliphatic carbocycles. The predicted molar refractivity (Wildman–Crippen MR) is 126 cm³/mol. The van der Waals surface area contributed by atoms with Crippen molar-refractivity contribution in [3.05, 3.63) is 18.5 Å². The molecule has 2 amide bonds. The van der Waals surface area contributed by atoms with Gasteiger partial charge < -0.3 is 35.2 Å². The number of ether oxygens (including phenoxy) is 2. The molecule has 182 valence electrons. The second kappa shape index (κ2) is 9.94. The fraction of sp³-hybridized carbons (Fsp3) is 0.591. The van der Waals surface area contributed by atoms with Crippen LogP contribution in [0.1, 0.15) is 12.8 Å². The minimum Gasteiger partial charge on any atom is -0.474 e. The number of nitrogens with two attached hydrogens (primary N) is 1. The van der Waals surface area contributed by atoms with Crippen LogP contribution in [0.3, 0.4) is 0 Å². The predicted octanol–water partition coefficient (Wildman–Crippen LogP) is 0.219. The molecule has 0 radical (unpaired) electrons. The summed E-state index contributed by atoms with van der Waals surface area (Å²) in [5, 5.41) is 3.28. The van der Waals surface area contributed by atoms with E-state index in [1.807, 2.05) is 22.9 Å². The van der Waals surface area contributed by atoms with Gasteiger partial charge in [0.05, 0.1) is 18.9 Å². The molecule has 3 fully saturated rings. The lowest BCUT2D eigenvalue weighted by Gasteiger charge is -2.43. The number of hydrogen-bond acceptors (Lipinski definition) is 10. The van der Waals surface area contributed by atoms with Crippen molar-refractivity contribution in [2.45, 2.75) is 25.0 Å². The summed E-state index contributed by atoms with van der Waals surface area (Å²) < 4.78 is 11.7. The number of anilines is 2. The number of morpholine rings is 1. The highest BCUT2D eigenvalue weighted by Gasteiger charge is 2.37. The molecule has 2 saturated heterocycles. The highest BCUT2D eigenvalue weighted by atomic mass is 16.5. The van der Waals surface area contributed by atoms with Crippen molar-refractivity contribution in [3.63, 3.8) is 0 Å². The second-order valence-corrected chi connectivity index (χ2v) is 8.82. The number of rotatable bonds is 5. The molecular weight excluding hydrogens is 438 g/mol. The maximum atomic E-state index is 12.8. The van der Waals surface area contributed by atoms with Crippen LogP contribution in [0.2, 0.25) is 0 Å². The van der Waals surface area contributed by atoms with Crippen LogP contribution in [-0.4, -0.2) is 107 Å². The molecule has 3 N–H and O–H groups in total. The van der Waals surface area contributed by atoms with E-state index in [0.29, 0.717) is 43.8 Å². The number of amides is 2. The van der Waals surface area contributed by atoms with E-state index in [0.717, 1.165) is 44.6 Å². The van der Waals surface area contributed by atoms with Crippen LogP contribution in [0, 0.1) is 0 Å². The van der Waals surface area contributed by atoms with Crippen molar-refractivity contribution in [2.24, 2.45) is 0 Å². The molecule has 3 aliphatic rings. The van der Waals surface area contributed by atoms with Crippen LogP contribution >= 0.6 is 0 Å². The molecule has 5 rings (SSSR count). The SMILES string of the molecule is CN(C(=O)N1CCNCC1)C1CC(Oc2cc(-c3cnc(N)nc3)nc(N3CCOCC3)n2)C1. The summed E-state index contributed by atoms with van der Waals surface area (Å²) in [6.45, 7) is 5.88. The van der Waals surface area contributed by atoms with E-state index in [1.54, 1.807) is 12.4 Å². The van der Waals surface area contributed by atoms with E-state index >= 15 is 0 Å². The zero-order valence-corrected chi connectivity index (χ0v) is 19.4. The van der Waals surface area contributed by atoms with E-state index in [4.69, 9.17) is 20.2 Å². The van der Waals surface area contributed by atoms with Crippen molar-refractivity contribution in [1.82, 2.24) is 35.1 Å². The lowest BCUT2D eigenvalue weighted by Crippen LogP contribution is -2.56. The fourth-order valence-corrected chi connectivity index (χ4v) is 4.35. The molecule has 1 saturated carbocycles. The first-order chi connectivity index (χ1) is 16.6. The minimum atomic E-state index is -0.00812. The van der Waals surface area contributed by atoms with E-state index in [1.165, 1.54) is 0 Å². The van der Waals surface area contributed by atoms with Crippen molar-refractivity contribution in [1.29, 1.82) is 0 Å². The Balaban J connectivity index is 1.27. The van der Waals surface area contributed by atoms with Gasteiger partial charge in [0, 0.05) is 89.2 Å². The smallest absolute Gasteiger partial charge is 0.320 e.